The van der Waals surface area contributed by atoms with E-state index in [0.29, 0.717) is 6.42 Å². The van der Waals surface area contributed by atoms with Crippen molar-refractivity contribution in [3.05, 3.63) is 23.8 Å². The lowest BCUT2D eigenvalue weighted by atomic mass is 10.1. The van der Waals surface area contributed by atoms with Crippen molar-refractivity contribution in [1.29, 1.82) is 0 Å². The molecule has 0 aliphatic carbocycles. The monoisotopic (exact) mass is 312 g/mol. The first-order valence-electron chi connectivity index (χ1n) is 6.74. The molecule has 1 heterocycles. The molecule has 7 heteroatoms. The fourth-order valence-corrected chi connectivity index (χ4v) is 4.05. The minimum atomic E-state index is -3.63. The van der Waals surface area contributed by atoms with Gasteiger partial charge in [-0.15, -0.1) is 0 Å². The number of hydrogen-bond donors (Lipinski definition) is 1. The van der Waals surface area contributed by atoms with Crippen LogP contribution in [-0.4, -0.2) is 51.0 Å². The van der Waals surface area contributed by atoms with E-state index >= 15 is 0 Å². The average molecular weight is 312 g/mol. The van der Waals surface area contributed by atoms with Crippen molar-refractivity contribution in [2.24, 2.45) is 5.92 Å². The maximum absolute atomic E-state index is 12.6. The third-order valence-electron chi connectivity index (χ3n) is 3.80. The lowest BCUT2D eigenvalue weighted by Crippen LogP contribution is -2.30. The highest BCUT2D eigenvalue weighted by Crippen LogP contribution is 2.28. The Hall–Kier alpha value is -1.60. The first kappa shape index (κ1) is 15.8. The summed E-state index contributed by atoms with van der Waals surface area (Å²) >= 11 is 0. The van der Waals surface area contributed by atoms with Gasteiger partial charge >= 0.3 is 5.97 Å². The minimum Gasteiger partial charge on any atom is -0.481 e. The van der Waals surface area contributed by atoms with Gasteiger partial charge in [0.2, 0.25) is 10.0 Å². The van der Waals surface area contributed by atoms with Crippen molar-refractivity contribution in [3.63, 3.8) is 0 Å². The molecule has 0 amide bonds. The zero-order chi connectivity index (χ0) is 15.8. The number of carbonyl (C=O) groups is 1. The van der Waals surface area contributed by atoms with Crippen LogP contribution in [0.2, 0.25) is 0 Å². The molecule has 0 aromatic heterocycles. The van der Waals surface area contributed by atoms with Crippen molar-refractivity contribution >= 4 is 21.7 Å². The minimum absolute atomic E-state index is 0.0445. The van der Waals surface area contributed by atoms with Crippen LogP contribution in [0.4, 0.5) is 5.69 Å². The number of aliphatic carboxylic acids is 1. The van der Waals surface area contributed by atoms with Gasteiger partial charge in [0.25, 0.3) is 0 Å². The van der Waals surface area contributed by atoms with Crippen LogP contribution in [0.25, 0.3) is 0 Å². The number of aryl methyl sites for hydroxylation is 1. The van der Waals surface area contributed by atoms with Gasteiger partial charge in [-0.2, -0.15) is 4.31 Å². The van der Waals surface area contributed by atoms with Gasteiger partial charge in [-0.25, -0.2) is 8.42 Å². The van der Waals surface area contributed by atoms with Crippen LogP contribution >= 0.6 is 0 Å². The number of sulfonamides is 1. The lowest BCUT2D eigenvalue weighted by molar-refractivity contribution is -0.141. The quantitative estimate of drug-likeness (QED) is 0.902. The lowest BCUT2D eigenvalue weighted by Gasteiger charge is -2.20. The molecule has 1 aromatic rings. The summed E-state index contributed by atoms with van der Waals surface area (Å²) in [5, 5.41) is 8.99. The van der Waals surface area contributed by atoms with E-state index in [2.05, 4.69) is 0 Å². The summed E-state index contributed by atoms with van der Waals surface area (Å²) < 4.78 is 26.5. The van der Waals surface area contributed by atoms with Crippen LogP contribution in [0.5, 0.6) is 0 Å². The third kappa shape index (κ3) is 3.03. The Labute approximate surface area is 125 Å². The second-order valence-corrected chi connectivity index (χ2v) is 7.47. The van der Waals surface area contributed by atoms with Crippen LogP contribution in [0, 0.1) is 12.8 Å². The van der Waals surface area contributed by atoms with Gasteiger partial charge in [0.05, 0.1) is 10.8 Å². The van der Waals surface area contributed by atoms with Gasteiger partial charge < -0.3 is 10.0 Å². The Kier molecular flexibility index (Phi) is 4.25. The Morgan fingerprint density at radius 2 is 2.05 bits per heavy atom. The molecule has 1 aliphatic rings. The summed E-state index contributed by atoms with van der Waals surface area (Å²) in [5.74, 6) is -1.55. The predicted octanol–water partition coefficient (Wildman–Crippen LogP) is 1.16. The Morgan fingerprint density at radius 3 is 2.57 bits per heavy atom. The molecule has 1 saturated heterocycles. The number of hydrogen-bond acceptors (Lipinski definition) is 4. The topological polar surface area (TPSA) is 77.9 Å². The molecule has 0 radical (unpaired) electrons. The van der Waals surface area contributed by atoms with Crippen LogP contribution in [-0.2, 0) is 14.8 Å². The number of nitrogens with zero attached hydrogens (tertiary/aromatic N) is 2. The molecule has 2 rings (SSSR count). The summed E-state index contributed by atoms with van der Waals surface area (Å²) in [5.41, 5.74) is 1.83. The molecule has 6 nitrogen and oxygen atoms in total. The van der Waals surface area contributed by atoms with E-state index in [-0.39, 0.29) is 18.0 Å². The maximum Gasteiger partial charge on any atom is 0.307 e. The van der Waals surface area contributed by atoms with E-state index in [0.717, 1.165) is 11.3 Å². The number of carboxylic acid groups (broad SMARTS) is 1. The Balaban J connectivity index is 2.33. The highest BCUT2D eigenvalue weighted by atomic mass is 32.2. The summed E-state index contributed by atoms with van der Waals surface area (Å²) in [6.45, 7) is 2.22. The molecular formula is C14H20N2O4S. The molecular weight excluding hydrogens is 292 g/mol. The standard InChI is InChI=1S/C14H20N2O4S/c1-10-4-5-12(8-13(10)15(2)3)21(19,20)16-7-6-11(9-16)14(17)18/h4-5,8,11H,6-7,9H2,1-3H3,(H,17,18). The van der Waals surface area contributed by atoms with Gasteiger partial charge in [-0.05, 0) is 31.0 Å². The fraction of sp³-hybridized carbons (Fsp3) is 0.500. The van der Waals surface area contributed by atoms with Gasteiger partial charge in [-0.1, -0.05) is 6.07 Å². The van der Waals surface area contributed by atoms with Crippen molar-refractivity contribution in [2.75, 3.05) is 32.1 Å². The summed E-state index contributed by atoms with van der Waals surface area (Å²) in [6.07, 6.45) is 0.362. The zero-order valence-electron chi connectivity index (χ0n) is 12.4. The molecule has 21 heavy (non-hydrogen) atoms. The van der Waals surface area contributed by atoms with Crippen molar-refractivity contribution in [1.82, 2.24) is 4.31 Å². The molecule has 1 aromatic carbocycles. The number of benzene rings is 1. The first-order chi connectivity index (χ1) is 9.73. The van der Waals surface area contributed by atoms with E-state index in [4.69, 9.17) is 5.11 Å². The van der Waals surface area contributed by atoms with E-state index < -0.39 is 21.9 Å². The second-order valence-electron chi connectivity index (χ2n) is 5.53. The van der Waals surface area contributed by atoms with Gasteiger partial charge in [-0.3, -0.25) is 4.79 Å². The largest absolute Gasteiger partial charge is 0.481 e. The van der Waals surface area contributed by atoms with E-state index in [9.17, 15) is 13.2 Å². The maximum atomic E-state index is 12.6. The van der Waals surface area contributed by atoms with Crippen molar-refractivity contribution < 1.29 is 18.3 Å². The molecule has 0 spiro atoms. The van der Waals surface area contributed by atoms with Gasteiger partial charge in [0, 0.05) is 32.9 Å². The number of carboxylic acids is 1. The Morgan fingerprint density at radius 1 is 1.38 bits per heavy atom. The van der Waals surface area contributed by atoms with E-state index in [1.807, 2.05) is 25.9 Å². The van der Waals surface area contributed by atoms with E-state index in [1.165, 1.54) is 4.31 Å². The summed E-state index contributed by atoms with van der Waals surface area (Å²) in [6, 6.07) is 4.98. The van der Waals surface area contributed by atoms with Crippen LogP contribution < -0.4 is 4.90 Å². The molecule has 1 N–H and O–H groups in total. The average Bonchev–Trinajstić information content (AvgIpc) is 2.89. The molecule has 1 unspecified atom stereocenters. The summed E-state index contributed by atoms with van der Waals surface area (Å²) in [4.78, 5) is 13.0. The van der Waals surface area contributed by atoms with Crippen LogP contribution in [0.3, 0.4) is 0 Å². The number of rotatable bonds is 4. The van der Waals surface area contributed by atoms with Crippen molar-refractivity contribution in [3.8, 4) is 0 Å². The second kappa shape index (κ2) is 5.65. The van der Waals surface area contributed by atoms with Gasteiger partial charge in [0.1, 0.15) is 0 Å². The molecule has 1 atom stereocenters. The summed E-state index contributed by atoms with van der Waals surface area (Å²) in [7, 11) is 0.0778. The number of anilines is 1. The third-order valence-corrected chi connectivity index (χ3v) is 5.66. The molecule has 0 saturated carbocycles. The van der Waals surface area contributed by atoms with E-state index in [1.54, 1.807) is 18.2 Å². The molecule has 0 bridgehead atoms. The fourth-order valence-electron chi connectivity index (χ4n) is 2.53. The van der Waals surface area contributed by atoms with Crippen LogP contribution in [0.15, 0.2) is 23.1 Å². The molecule has 116 valence electrons. The molecule has 1 fully saturated rings. The predicted molar refractivity (Wildman–Crippen MR) is 80.0 cm³/mol. The SMILES string of the molecule is Cc1ccc(S(=O)(=O)N2CCC(C(=O)O)C2)cc1N(C)C. The highest BCUT2D eigenvalue weighted by molar-refractivity contribution is 7.89. The Bertz CT molecular complexity index is 655. The van der Waals surface area contributed by atoms with Crippen molar-refractivity contribution in [2.45, 2.75) is 18.2 Å². The van der Waals surface area contributed by atoms with Gasteiger partial charge in [0.15, 0.2) is 0 Å². The smallest absolute Gasteiger partial charge is 0.307 e. The van der Waals surface area contributed by atoms with Crippen LogP contribution in [0.1, 0.15) is 12.0 Å². The zero-order valence-corrected chi connectivity index (χ0v) is 13.2. The molecule has 1 aliphatic heterocycles. The normalized spacial score (nSPS) is 19.7. The first-order valence-corrected chi connectivity index (χ1v) is 8.18. The highest BCUT2D eigenvalue weighted by Gasteiger charge is 2.35.